The van der Waals surface area contributed by atoms with Crippen molar-refractivity contribution in [2.45, 2.75) is 19.3 Å². The van der Waals surface area contributed by atoms with E-state index in [1.807, 2.05) is 35.0 Å². The van der Waals surface area contributed by atoms with Gasteiger partial charge in [-0.2, -0.15) is 11.3 Å². The highest BCUT2D eigenvalue weighted by Crippen LogP contribution is 2.25. The number of anilines is 2. The molecule has 0 saturated carbocycles. The van der Waals surface area contributed by atoms with Crippen molar-refractivity contribution in [2.75, 3.05) is 23.3 Å². The lowest BCUT2D eigenvalue weighted by Crippen LogP contribution is -2.42. The number of carbonyl (C=O) groups excluding carboxylic acids is 2. The standard InChI is InChI=1S/C17H19N3O2S/c21-16(11-18-17(22)19-14-8-10-23-12-14)20-9-4-3-6-13-5-1-2-7-15(13)20/h1-2,5,7-8,10,12H,3-4,6,9,11H2,(H2,18,19,22). The van der Waals surface area contributed by atoms with Crippen LogP contribution in [0.2, 0.25) is 0 Å². The Morgan fingerprint density at radius 1 is 1.17 bits per heavy atom. The summed E-state index contributed by atoms with van der Waals surface area (Å²) in [5.41, 5.74) is 2.90. The van der Waals surface area contributed by atoms with Crippen LogP contribution in [0.1, 0.15) is 18.4 Å². The summed E-state index contributed by atoms with van der Waals surface area (Å²) in [7, 11) is 0. The molecule has 0 radical (unpaired) electrons. The first-order valence-corrected chi connectivity index (χ1v) is 8.63. The van der Waals surface area contributed by atoms with Crippen molar-refractivity contribution in [2.24, 2.45) is 0 Å². The number of aryl methyl sites for hydroxylation is 1. The van der Waals surface area contributed by atoms with Crippen molar-refractivity contribution >= 4 is 34.6 Å². The Morgan fingerprint density at radius 3 is 2.87 bits per heavy atom. The van der Waals surface area contributed by atoms with E-state index >= 15 is 0 Å². The highest BCUT2D eigenvalue weighted by Gasteiger charge is 2.21. The van der Waals surface area contributed by atoms with Gasteiger partial charge >= 0.3 is 6.03 Å². The molecule has 6 heteroatoms. The summed E-state index contributed by atoms with van der Waals surface area (Å²) >= 11 is 1.51. The van der Waals surface area contributed by atoms with Gasteiger partial charge in [0.25, 0.3) is 0 Å². The van der Waals surface area contributed by atoms with Gasteiger partial charge < -0.3 is 15.5 Å². The second-order valence-corrected chi connectivity index (χ2v) is 6.23. The maximum absolute atomic E-state index is 12.5. The third kappa shape index (κ3) is 3.90. The number of nitrogens with one attached hydrogen (secondary N) is 2. The maximum atomic E-state index is 12.5. The number of rotatable bonds is 3. The average molecular weight is 329 g/mol. The molecule has 0 atom stereocenters. The van der Waals surface area contributed by atoms with E-state index in [1.54, 1.807) is 4.90 Å². The Hall–Kier alpha value is -2.34. The summed E-state index contributed by atoms with van der Waals surface area (Å²) < 4.78 is 0. The van der Waals surface area contributed by atoms with Gasteiger partial charge in [0.1, 0.15) is 0 Å². The van der Waals surface area contributed by atoms with Crippen LogP contribution < -0.4 is 15.5 Å². The Kier molecular flexibility index (Phi) is 4.92. The van der Waals surface area contributed by atoms with E-state index in [0.29, 0.717) is 6.54 Å². The lowest BCUT2D eigenvalue weighted by molar-refractivity contribution is -0.117. The summed E-state index contributed by atoms with van der Waals surface area (Å²) in [6.45, 7) is 0.688. The molecule has 0 saturated heterocycles. The van der Waals surface area contributed by atoms with Crippen LogP contribution >= 0.6 is 11.3 Å². The van der Waals surface area contributed by atoms with Gasteiger partial charge in [-0.25, -0.2) is 4.79 Å². The number of fused-ring (bicyclic) bond motifs is 1. The zero-order chi connectivity index (χ0) is 16.1. The van der Waals surface area contributed by atoms with Crippen molar-refractivity contribution in [3.63, 3.8) is 0 Å². The molecule has 0 fully saturated rings. The van der Waals surface area contributed by atoms with E-state index in [-0.39, 0.29) is 18.5 Å². The molecule has 1 aliphatic rings. The molecule has 1 aliphatic heterocycles. The molecular weight excluding hydrogens is 310 g/mol. The monoisotopic (exact) mass is 329 g/mol. The van der Waals surface area contributed by atoms with E-state index in [0.717, 1.165) is 30.6 Å². The fraction of sp³-hybridized carbons (Fsp3) is 0.294. The van der Waals surface area contributed by atoms with Crippen LogP contribution in [0.15, 0.2) is 41.1 Å². The minimum Gasteiger partial charge on any atom is -0.329 e. The van der Waals surface area contributed by atoms with E-state index in [4.69, 9.17) is 0 Å². The van der Waals surface area contributed by atoms with Crippen molar-refractivity contribution in [1.29, 1.82) is 0 Å². The van der Waals surface area contributed by atoms with E-state index in [2.05, 4.69) is 16.7 Å². The second kappa shape index (κ2) is 7.28. The normalized spacial score (nSPS) is 13.8. The van der Waals surface area contributed by atoms with Crippen LogP contribution in [0.5, 0.6) is 0 Å². The number of hydrogen-bond donors (Lipinski definition) is 2. The van der Waals surface area contributed by atoms with Gasteiger partial charge in [0.15, 0.2) is 0 Å². The molecular formula is C17H19N3O2S. The number of para-hydroxylation sites is 1. The first-order valence-electron chi connectivity index (χ1n) is 7.69. The quantitative estimate of drug-likeness (QED) is 0.908. The molecule has 5 nitrogen and oxygen atoms in total. The third-order valence-electron chi connectivity index (χ3n) is 3.84. The first-order chi connectivity index (χ1) is 11.2. The van der Waals surface area contributed by atoms with Crippen molar-refractivity contribution in [3.8, 4) is 0 Å². The fourth-order valence-corrected chi connectivity index (χ4v) is 3.30. The molecule has 3 amide bonds. The number of nitrogens with zero attached hydrogens (tertiary/aromatic N) is 1. The Bertz CT molecular complexity index is 685. The number of amides is 3. The van der Waals surface area contributed by atoms with Gasteiger partial charge in [-0.15, -0.1) is 0 Å². The van der Waals surface area contributed by atoms with E-state index in [1.165, 1.54) is 16.9 Å². The number of carbonyl (C=O) groups is 2. The summed E-state index contributed by atoms with van der Waals surface area (Å²) in [6, 6.07) is 9.44. The molecule has 0 spiro atoms. The Balaban J connectivity index is 1.60. The summed E-state index contributed by atoms with van der Waals surface area (Å²) in [5, 5.41) is 9.06. The van der Waals surface area contributed by atoms with Crippen molar-refractivity contribution < 1.29 is 9.59 Å². The Labute approximate surface area is 139 Å². The predicted octanol–water partition coefficient (Wildman–Crippen LogP) is 3.24. The summed E-state index contributed by atoms with van der Waals surface area (Å²) in [5.74, 6) is -0.0835. The highest BCUT2D eigenvalue weighted by atomic mass is 32.1. The average Bonchev–Trinajstić information content (AvgIpc) is 2.96. The minimum atomic E-state index is -0.361. The fourth-order valence-electron chi connectivity index (χ4n) is 2.71. The van der Waals surface area contributed by atoms with Gasteiger partial charge in [0.2, 0.25) is 5.91 Å². The molecule has 2 aromatic rings. The molecule has 0 bridgehead atoms. The largest absolute Gasteiger partial charge is 0.329 e. The molecule has 2 heterocycles. The highest BCUT2D eigenvalue weighted by molar-refractivity contribution is 7.08. The van der Waals surface area contributed by atoms with Gasteiger partial charge in [-0.05, 0) is 42.3 Å². The summed E-state index contributed by atoms with van der Waals surface area (Å²) in [6.07, 6.45) is 3.04. The van der Waals surface area contributed by atoms with E-state index < -0.39 is 0 Å². The maximum Gasteiger partial charge on any atom is 0.319 e. The van der Waals surface area contributed by atoms with Gasteiger partial charge in [-0.1, -0.05) is 18.2 Å². The van der Waals surface area contributed by atoms with Crippen LogP contribution in [0.3, 0.4) is 0 Å². The number of urea groups is 1. The molecule has 1 aromatic heterocycles. The van der Waals surface area contributed by atoms with Crippen molar-refractivity contribution in [1.82, 2.24) is 5.32 Å². The third-order valence-corrected chi connectivity index (χ3v) is 4.52. The molecule has 120 valence electrons. The number of thiophene rings is 1. The van der Waals surface area contributed by atoms with Crippen molar-refractivity contribution in [3.05, 3.63) is 46.7 Å². The molecule has 3 rings (SSSR count). The lowest BCUT2D eigenvalue weighted by Gasteiger charge is -2.23. The van der Waals surface area contributed by atoms with Crippen LogP contribution in [0, 0.1) is 0 Å². The SMILES string of the molecule is O=C(NCC(=O)N1CCCCc2ccccc21)Nc1ccsc1. The molecule has 0 aliphatic carbocycles. The number of benzene rings is 1. The second-order valence-electron chi connectivity index (χ2n) is 5.45. The molecule has 23 heavy (non-hydrogen) atoms. The molecule has 1 aromatic carbocycles. The van der Waals surface area contributed by atoms with Crippen LogP contribution in [0.4, 0.5) is 16.2 Å². The van der Waals surface area contributed by atoms with Gasteiger partial charge in [0, 0.05) is 17.6 Å². The van der Waals surface area contributed by atoms with E-state index in [9.17, 15) is 9.59 Å². The topological polar surface area (TPSA) is 61.4 Å². The minimum absolute atomic E-state index is 0.00962. The summed E-state index contributed by atoms with van der Waals surface area (Å²) in [4.78, 5) is 26.1. The molecule has 0 unspecified atom stereocenters. The van der Waals surface area contributed by atoms with Gasteiger partial charge in [0.05, 0.1) is 12.2 Å². The smallest absolute Gasteiger partial charge is 0.319 e. The number of hydrogen-bond acceptors (Lipinski definition) is 3. The zero-order valence-corrected chi connectivity index (χ0v) is 13.6. The van der Waals surface area contributed by atoms with Crippen LogP contribution in [-0.4, -0.2) is 25.0 Å². The predicted molar refractivity (Wildman–Crippen MR) is 93.1 cm³/mol. The van der Waals surface area contributed by atoms with Crippen LogP contribution in [0.25, 0.3) is 0 Å². The van der Waals surface area contributed by atoms with Gasteiger partial charge in [-0.3, -0.25) is 4.79 Å². The lowest BCUT2D eigenvalue weighted by atomic mass is 10.1. The Morgan fingerprint density at radius 2 is 2.04 bits per heavy atom. The first kappa shape index (κ1) is 15.6. The molecule has 2 N–H and O–H groups in total. The zero-order valence-electron chi connectivity index (χ0n) is 12.7. The van der Waals surface area contributed by atoms with Crippen LogP contribution in [-0.2, 0) is 11.2 Å².